The van der Waals surface area contributed by atoms with Crippen molar-refractivity contribution in [3.05, 3.63) is 0 Å². The maximum absolute atomic E-state index is 5.65. The van der Waals surface area contributed by atoms with Crippen molar-refractivity contribution in [1.29, 1.82) is 0 Å². The summed E-state index contributed by atoms with van der Waals surface area (Å²) in [5.74, 6) is 0. The third-order valence-electron chi connectivity index (χ3n) is 1.58. The van der Waals surface area contributed by atoms with Crippen LogP contribution in [0.5, 0.6) is 0 Å². The van der Waals surface area contributed by atoms with Crippen LogP contribution in [0.3, 0.4) is 0 Å². The van der Waals surface area contributed by atoms with Crippen LogP contribution in [-0.4, -0.2) is 38.5 Å². The van der Waals surface area contributed by atoms with E-state index >= 15 is 0 Å². The second-order valence-corrected chi connectivity index (χ2v) is 4.13. The molecule has 0 radical (unpaired) electrons. The highest BCUT2D eigenvalue weighted by Gasteiger charge is 2.14. The van der Waals surface area contributed by atoms with Crippen LogP contribution in [0.2, 0.25) is 0 Å². The summed E-state index contributed by atoms with van der Waals surface area (Å²) in [6.45, 7) is 10.6. The van der Waals surface area contributed by atoms with Crippen LogP contribution >= 0.6 is 0 Å². The van der Waals surface area contributed by atoms with Gasteiger partial charge in [-0.3, -0.25) is 0 Å². The van der Waals surface area contributed by atoms with Crippen LogP contribution in [0.25, 0.3) is 0 Å². The Kier molecular flexibility index (Phi) is 6.29. The molecule has 0 aliphatic carbocycles. The number of hydrogen-bond acceptors (Lipinski definition) is 3. The van der Waals surface area contributed by atoms with E-state index in [9.17, 15) is 0 Å². The molecule has 0 aromatic heterocycles. The van der Waals surface area contributed by atoms with Crippen molar-refractivity contribution in [3.8, 4) is 0 Å². The smallest absolute Gasteiger partial charge is 0.0649 e. The molecule has 1 N–H and O–H groups in total. The van der Waals surface area contributed by atoms with Crippen molar-refractivity contribution >= 4 is 0 Å². The minimum absolute atomic E-state index is 0.0680. The van der Waals surface area contributed by atoms with Crippen molar-refractivity contribution in [3.63, 3.8) is 0 Å². The average Bonchev–Trinajstić information content (AvgIpc) is 2.00. The second kappa shape index (κ2) is 6.35. The molecule has 0 aliphatic rings. The number of likely N-dealkylation sites (N-methyl/N-ethyl adjacent to an activating group) is 1. The van der Waals surface area contributed by atoms with Gasteiger partial charge in [0.2, 0.25) is 0 Å². The highest BCUT2D eigenvalue weighted by atomic mass is 16.5. The Morgan fingerprint density at radius 1 is 1.23 bits per heavy atom. The monoisotopic (exact) mass is 189 g/mol. The molecule has 0 saturated carbocycles. The first-order valence-corrected chi connectivity index (χ1v) is 4.86. The fraction of sp³-hybridized carbons (Fsp3) is 1.00. The lowest BCUT2D eigenvalue weighted by molar-refractivity contribution is -0.0242. The van der Waals surface area contributed by atoms with Gasteiger partial charge in [-0.25, -0.2) is 0 Å². The quantitative estimate of drug-likeness (QED) is 0.685. The summed E-state index contributed by atoms with van der Waals surface area (Å²) in [5.41, 5.74) is -0.0680. The normalized spacial score (nSPS) is 14.5. The first kappa shape index (κ1) is 12.9. The topological polar surface area (TPSA) is 30.5 Å². The maximum Gasteiger partial charge on any atom is 0.0649 e. The molecule has 0 spiro atoms. The summed E-state index contributed by atoms with van der Waals surface area (Å²) in [7, 11) is 1.71. The highest BCUT2D eigenvalue weighted by molar-refractivity contribution is 4.67. The molecule has 1 atom stereocenters. The van der Waals surface area contributed by atoms with Gasteiger partial charge >= 0.3 is 0 Å². The summed E-state index contributed by atoms with van der Waals surface area (Å²) in [4.78, 5) is 0. The van der Waals surface area contributed by atoms with Gasteiger partial charge in [0.15, 0.2) is 0 Å². The molecule has 0 aliphatic heterocycles. The first-order chi connectivity index (χ1) is 5.99. The highest BCUT2D eigenvalue weighted by Crippen LogP contribution is 2.07. The molecule has 0 aromatic rings. The summed E-state index contributed by atoms with van der Waals surface area (Å²) < 4.78 is 10.7. The third kappa shape index (κ3) is 8.22. The molecular formula is C10H23NO2. The Balaban J connectivity index is 3.68. The van der Waals surface area contributed by atoms with Crippen LogP contribution in [0.1, 0.15) is 27.7 Å². The number of hydrogen-bond donors (Lipinski definition) is 1. The van der Waals surface area contributed by atoms with E-state index in [1.807, 2.05) is 0 Å². The van der Waals surface area contributed by atoms with Crippen molar-refractivity contribution in [1.82, 2.24) is 5.32 Å². The van der Waals surface area contributed by atoms with Gasteiger partial charge in [0.05, 0.1) is 24.9 Å². The molecule has 3 heteroatoms. The van der Waals surface area contributed by atoms with Gasteiger partial charge < -0.3 is 14.8 Å². The number of nitrogens with one attached hydrogen (secondary N) is 1. The molecule has 0 fully saturated rings. The van der Waals surface area contributed by atoms with Gasteiger partial charge in [-0.1, -0.05) is 6.92 Å². The van der Waals surface area contributed by atoms with E-state index < -0.39 is 0 Å². The van der Waals surface area contributed by atoms with E-state index in [1.165, 1.54) is 0 Å². The molecule has 0 saturated heterocycles. The largest absolute Gasteiger partial charge is 0.383 e. The molecule has 80 valence electrons. The SMILES string of the molecule is CCNC(COC)COC(C)(C)C. The molecule has 0 bridgehead atoms. The summed E-state index contributed by atoms with van der Waals surface area (Å²) in [5, 5.41) is 3.31. The summed E-state index contributed by atoms with van der Waals surface area (Å²) in [6, 6.07) is 0.300. The van der Waals surface area contributed by atoms with E-state index in [2.05, 4.69) is 33.0 Å². The Bertz CT molecular complexity index is 115. The lowest BCUT2D eigenvalue weighted by Gasteiger charge is -2.24. The standard InChI is InChI=1S/C10H23NO2/c1-6-11-9(7-12-5)8-13-10(2,3)4/h9,11H,6-8H2,1-5H3. The van der Waals surface area contributed by atoms with Gasteiger partial charge in [-0.15, -0.1) is 0 Å². The zero-order chi connectivity index (χ0) is 10.3. The van der Waals surface area contributed by atoms with Crippen LogP contribution in [0, 0.1) is 0 Å². The van der Waals surface area contributed by atoms with Crippen molar-refractivity contribution in [2.75, 3.05) is 26.9 Å². The van der Waals surface area contributed by atoms with Crippen LogP contribution in [0.4, 0.5) is 0 Å². The molecule has 3 nitrogen and oxygen atoms in total. The number of ether oxygens (including phenoxy) is 2. The third-order valence-corrected chi connectivity index (χ3v) is 1.58. The van der Waals surface area contributed by atoms with Crippen LogP contribution in [0.15, 0.2) is 0 Å². The maximum atomic E-state index is 5.65. The van der Waals surface area contributed by atoms with E-state index in [-0.39, 0.29) is 5.60 Å². The summed E-state index contributed by atoms with van der Waals surface area (Å²) >= 11 is 0. The zero-order valence-corrected chi connectivity index (χ0v) is 9.52. The summed E-state index contributed by atoms with van der Waals surface area (Å²) in [6.07, 6.45) is 0. The van der Waals surface area contributed by atoms with E-state index in [4.69, 9.17) is 9.47 Å². The second-order valence-electron chi connectivity index (χ2n) is 4.13. The van der Waals surface area contributed by atoms with Gasteiger partial charge in [0.25, 0.3) is 0 Å². The fourth-order valence-corrected chi connectivity index (χ4v) is 1.01. The lowest BCUT2D eigenvalue weighted by atomic mass is 10.2. The molecule has 0 heterocycles. The number of rotatable bonds is 6. The molecule has 0 rings (SSSR count). The van der Waals surface area contributed by atoms with Gasteiger partial charge in [-0.05, 0) is 27.3 Å². The molecular weight excluding hydrogens is 166 g/mol. The predicted molar refractivity (Wildman–Crippen MR) is 55.0 cm³/mol. The van der Waals surface area contributed by atoms with Gasteiger partial charge in [0.1, 0.15) is 0 Å². The zero-order valence-electron chi connectivity index (χ0n) is 9.52. The molecule has 0 aromatic carbocycles. The van der Waals surface area contributed by atoms with Crippen molar-refractivity contribution < 1.29 is 9.47 Å². The predicted octanol–water partition coefficient (Wildman–Crippen LogP) is 1.43. The van der Waals surface area contributed by atoms with Crippen LogP contribution < -0.4 is 5.32 Å². The molecule has 13 heavy (non-hydrogen) atoms. The lowest BCUT2D eigenvalue weighted by Crippen LogP contribution is -2.39. The Morgan fingerprint density at radius 3 is 2.23 bits per heavy atom. The fourth-order valence-electron chi connectivity index (χ4n) is 1.01. The minimum Gasteiger partial charge on any atom is -0.383 e. The molecule has 1 unspecified atom stereocenters. The van der Waals surface area contributed by atoms with Gasteiger partial charge in [-0.2, -0.15) is 0 Å². The van der Waals surface area contributed by atoms with Crippen molar-refractivity contribution in [2.24, 2.45) is 0 Å². The van der Waals surface area contributed by atoms with Gasteiger partial charge in [0, 0.05) is 7.11 Å². The minimum atomic E-state index is -0.0680. The Hall–Kier alpha value is -0.120. The molecule has 0 amide bonds. The average molecular weight is 189 g/mol. The van der Waals surface area contributed by atoms with E-state index in [0.717, 1.165) is 6.54 Å². The Morgan fingerprint density at radius 2 is 1.85 bits per heavy atom. The van der Waals surface area contributed by atoms with E-state index in [0.29, 0.717) is 19.3 Å². The van der Waals surface area contributed by atoms with Crippen molar-refractivity contribution in [2.45, 2.75) is 39.3 Å². The Labute approximate surface area is 81.8 Å². The van der Waals surface area contributed by atoms with Crippen LogP contribution in [-0.2, 0) is 9.47 Å². The number of methoxy groups -OCH3 is 1. The first-order valence-electron chi connectivity index (χ1n) is 4.86. The van der Waals surface area contributed by atoms with E-state index in [1.54, 1.807) is 7.11 Å².